The van der Waals surface area contributed by atoms with E-state index in [0.717, 1.165) is 0 Å². The van der Waals surface area contributed by atoms with Crippen molar-refractivity contribution in [2.75, 3.05) is 47.2 Å². The number of carbonyl (C=O) groups excluding carboxylic acids is 4. The highest BCUT2D eigenvalue weighted by Gasteiger charge is 2.40. The molecule has 0 saturated carbocycles. The number of benzene rings is 2. The van der Waals surface area contributed by atoms with E-state index in [2.05, 4.69) is 10.6 Å². The van der Waals surface area contributed by atoms with Crippen LogP contribution in [0.15, 0.2) is 87.5 Å². The third-order valence-electron chi connectivity index (χ3n) is 8.22. The molecular weight excluding hydrogens is 749 g/mol. The van der Waals surface area contributed by atoms with Gasteiger partial charge in [-0.05, 0) is 57.9 Å². The van der Waals surface area contributed by atoms with Crippen molar-refractivity contribution in [3.8, 4) is 0 Å². The lowest BCUT2D eigenvalue weighted by atomic mass is 9.80. The van der Waals surface area contributed by atoms with Gasteiger partial charge in [0.15, 0.2) is 0 Å². The van der Waals surface area contributed by atoms with Gasteiger partial charge in [-0.15, -0.1) is 0 Å². The third kappa shape index (κ3) is 10.0. The first-order valence-corrected chi connectivity index (χ1v) is 17.8. The standard InChI is InChI=1S/C20H25ClN2O5.C18H19Cl2NO4/c1-4-28-20(25)18-15(11-27-10-9-22)23-12(2)16(19(24)26-3)17(18)13-7-5-6-8-14(13)21;1-5-25-18(23)14-10(3)21-9(2)13(17(22)24-4)15(14)11-7-6-8-12(19)16(11)20/h5-8,17,23H,4,9-11,22H2,1-3H3;6-8,15,21H,5H2,1-4H3. The first kappa shape index (κ1) is 43.1. The molecule has 0 aliphatic carbocycles. The topological polar surface area (TPSA) is 165 Å². The van der Waals surface area contributed by atoms with E-state index in [1.165, 1.54) is 14.2 Å². The summed E-state index contributed by atoms with van der Waals surface area (Å²) in [5.74, 6) is -3.68. The van der Waals surface area contributed by atoms with E-state index in [4.69, 9.17) is 64.2 Å². The van der Waals surface area contributed by atoms with Crippen LogP contribution in [-0.4, -0.2) is 71.1 Å². The molecule has 0 saturated heterocycles. The van der Waals surface area contributed by atoms with Gasteiger partial charge in [-0.3, -0.25) is 0 Å². The summed E-state index contributed by atoms with van der Waals surface area (Å²) in [7, 11) is 2.58. The van der Waals surface area contributed by atoms with Gasteiger partial charge in [0.25, 0.3) is 0 Å². The summed E-state index contributed by atoms with van der Waals surface area (Å²) >= 11 is 18.9. The number of halogens is 3. The lowest BCUT2D eigenvalue weighted by Gasteiger charge is -2.31. The molecule has 0 spiro atoms. The van der Waals surface area contributed by atoms with Crippen molar-refractivity contribution in [2.45, 2.75) is 46.5 Å². The zero-order valence-electron chi connectivity index (χ0n) is 30.6. The lowest BCUT2D eigenvalue weighted by molar-refractivity contribution is -0.140. The Bertz CT molecular complexity index is 1850. The molecule has 0 radical (unpaired) electrons. The minimum atomic E-state index is -0.752. The van der Waals surface area contributed by atoms with Crippen LogP contribution in [0.4, 0.5) is 0 Å². The molecule has 2 aromatic carbocycles. The molecule has 2 heterocycles. The van der Waals surface area contributed by atoms with Crippen molar-refractivity contribution in [3.05, 3.63) is 114 Å². The second-order valence-corrected chi connectivity index (χ2v) is 12.7. The Morgan fingerprint density at radius 3 is 1.66 bits per heavy atom. The van der Waals surface area contributed by atoms with Gasteiger partial charge in [-0.25, -0.2) is 19.2 Å². The highest BCUT2D eigenvalue weighted by atomic mass is 35.5. The summed E-state index contributed by atoms with van der Waals surface area (Å²) in [5.41, 5.74) is 10.0. The van der Waals surface area contributed by atoms with Crippen LogP contribution >= 0.6 is 34.8 Å². The Morgan fingerprint density at radius 1 is 0.660 bits per heavy atom. The lowest BCUT2D eigenvalue weighted by Crippen LogP contribution is -2.35. The summed E-state index contributed by atoms with van der Waals surface area (Å²) in [6.45, 7) is 9.83. The molecule has 4 rings (SSSR count). The minimum absolute atomic E-state index is 0.109. The quantitative estimate of drug-likeness (QED) is 0.126. The third-order valence-corrected chi connectivity index (χ3v) is 9.40. The number of nitrogens with two attached hydrogens (primary N) is 1. The van der Waals surface area contributed by atoms with Crippen LogP contribution in [0.1, 0.15) is 57.6 Å². The van der Waals surface area contributed by atoms with Crippen LogP contribution in [0.2, 0.25) is 15.1 Å². The zero-order chi connectivity index (χ0) is 39.4. The largest absolute Gasteiger partial charge is 0.466 e. The van der Waals surface area contributed by atoms with Crippen LogP contribution in [0.5, 0.6) is 0 Å². The molecule has 286 valence electrons. The van der Waals surface area contributed by atoms with Crippen LogP contribution in [-0.2, 0) is 42.9 Å². The molecule has 0 bridgehead atoms. The maximum atomic E-state index is 12.9. The maximum Gasteiger partial charge on any atom is 0.336 e. The first-order chi connectivity index (χ1) is 25.3. The maximum absolute atomic E-state index is 12.9. The molecule has 2 aliphatic heterocycles. The molecule has 0 amide bonds. The Labute approximate surface area is 324 Å². The average Bonchev–Trinajstić information content (AvgIpc) is 3.12. The minimum Gasteiger partial charge on any atom is -0.466 e. The van der Waals surface area contributed by atoms with Crippen molar-refractivity contribution in [3.63, 3.8) is 0 Å². The number of hydrogen-bond donors (Lipinski definition) is 3. The molecule has 2 aliphatic rings. The van der Waals surface area contributed by atoms with Crippen LogP contribution in [0.25, 0.3) is 0 Å². The number of allylic oxidation sites excluding steroid dienone is 3. The molecule has 12 nitrogen and oxygen atoms in total. The van der Waals surface area contributed by atoms with E-state index in [9.17, 15) is 19.2 Å². The average molecular weight is 793 g/mol. The molecule has 0 aromatic heterocycles. The monoisotopic (exact) mass is 791 g/mol. The van der Waals surface area contributed by atoms with Crippen molar-refractivity contribution >= 4 is 58.7 Å². The van der Waals surface area contributed by atoms with Gasteiger partial charge in [-0.1, -0.05) is 65.1 Å². The zero-order valence-corrected chi connectivity index (χ0v) is 32.9. The first-order valence-electron chi connectivity index (χ1n) is 16.7. The fraction of sp³-hybridized carbons (Fsp3) is 0.368. The fourth-order valence-corrected chi connectivity index (χ4v) is 6.69. The summed E-state index contributed by atoms with van der Waals surface area (Å²) in [6.07, 6.45) is 0. The fourth-order valence-electron chi connectivity index (χ4n) is 6.03. The Morgan fingerprint density at radius 2 is 1.13 bits per heavy atom. The number of esters is 4. The van der Waals surface area contributed by atoms with Crippen LogP contribution in [0, 0.1) is 0 Å². The van der Waals surface area contributed by atoms with Crippen LogP contribution in [0.3, 0.4) is 0 Å². The Hall–Kier alpha value is -4.33. The van der Waals surface area contributed by atoms with E-state index in [-0.39, 0.29) is 30.4 Å². The number of rotatable bonds is 12. The highest BCUT2D eigenvalue weighted by Crippen LogP contribution is 2.44. The van der Waals surface area contributed by atoms with Crippen molar-refractivity contribution in [1.29, 1.82) is 0 Å². The summed E-state index contributed by atoms with van der Waals surface area (Å²) in [6, 6.07) is 12.1. The molecule has 53 heavy (non-hydrogen) atoms. The molecule has 0 fully saturated rings. The van der Waals surface area contributed by atoms with Gasteiger partial charge in [0.2, 0.25) is 0 Å². The van der Waals surface area contributed by atoms with Gasteiger partial charge in [0.05, 0.1) is 90.5 Å². The summed E-state index contributed by atoms with van der Waals surface area (Å²) in [4.78, 5) is 50.5. The predicted octanol–water partition coefficient (Wildman–Crippen LogP) is 6.23. The summed E-state index contributed by atoms with van der Waals surface area (Å²) in [5, 5.41) is 7.18. The van der Waals surface area contributed by atoms with Gasteiger partial charge < -0.3 is 40.1 Å². The predicted molar refractivity (Wildman–Crippen MR) is 202 cm³/mol. The number of methoxy groups -OCH3 is 2. The van der Waals surface area contributed by atoms with E-state index < -0.39 is 35.7 Å². The molecule has 4 N–H and O–H groups in total. The smallest absolute Gasteiger partial charge is 0.336 e. The second kappa shape index (κ2) is 20.2. The number of nitrogens with one attached hydrogen (secondary N) is 2. The Kier molecular flexibility index (Phi) is 16.4. The van der Waals surface area contributed by atoms with E-state index >= 15 is 0 Å². The van der Waals surface area contributed by atoms with Crippen molar-refractivity contribution in [2.24, 2.45) is 5.73 Å². The number of ether oxygens (including phenoxy) is 5. The van der Waals surface area contributed by atoms with Crippen molar-refractivity contribution in [1.82, 2.24) is 10.6 Å². The Balaban J connectivity index is 0.000000287. The molecule has 2 aromatic rings. The molecule has 2 atom stereocenters. The van der Waals surface area contributed by atoms with E-state index in [0.29, 0.717) is 73.8 Å². The highest BCUT2D eigenvalue weighted by molar-refractivity contribution is 6.42. The number of dihydropyridines is 2. The second-order valence-electron chi connectivity index (χ2n) is 11.6. The molecular formula is C38H44Cl3N3O9. The number of hydrogen-bond acceptors (Lipinski definition) is 12. The van der Waals surface area contributed by atoms with Gasteiger partial charge in [0, 0.05) is 28.7 Å². The van der Waals surface area contributed by atoms with E-state index in [1.807, 2.05) is 0 Å². The van der Waals surface area contributed by atoms with Gasteiger partial charge in [0.1, 0.15) is 0 Å². The number of carbonyl (C=O) groups is 4. The molecule has 15 heteroatoms. The van der Waals surface area contributed by atoms with Gasteiger partial charge in [-0.2, -0.15) is 0 Å². The normalized spacial score (nSPS) is 17.0. The SMILES string of the molecule is CCOC(=O)C1=C(C)NC(C)=C(C(=O)OC)C1c1cccc(Cl)c1Cl.CCOC(=O)C1=C(COCCN)NC(C)=C(C(=O)OC)C1c1ccccc1Cl. The van der Waals surface area contributed by atoms with Gasteiger partial charge >= 0.3 is 23.9 Å². The van der Waals surface area contributed by atoms with Crippen LogP contribution < -0.4 is 16.4 Å². The van der Waals surface area contributed by atoms with E-state index in [1.54, 1.807) is 77.1 Å². The summed E-state index contributed by atoms with van der Waals surface area (Å²) < 4.78 is 25.9. The molecule has 2 unspecified atom stereocenters. The van der Waals surface area contributed by atoms with Crippen molar-refractivity contribution < 1.29 is 42.9 Å².